The van der Waals surface area contributed by atoms with Gasteiger partial charge in [0.2, 0.25) is 41.4 Å². The fourth-order valence-electron chi connectivity index (χ4n) is 9.11. The number of amides is 8. The Morgan fingerprint density at radius 2 is 1.24 bits per heavy atom. The Labute approximate surface area is 492 Å². The number of carbonyl (C=O) groups is 8. The molecule has 0 aliphatic carbocycles. The van der Waals surface area contributed by atoms with Crippen molar-refractivity contribution in [3.63, 3.8) is 0 Å². The molecule has 0 unspecified atom stereocenters. The molecule has 0 aliphatic heterocycles. The van der Waals surface area contributed by atoms with Gasteiger partial charge in [0.05, 0.1) is 6.33 Å². The molecule has 16 N–H and O–H groups in total. The molecule has 2 aromatic carbocycles. The molecule has 0 radical (unpaired) electrons. The molecular weight excluding hydrogens is 1070 g/mol. The SMILES string of the molecule is CCCCCCCC/C=C/CCCCCCCC(=O)NCCCNC(=O)/C=N/NCC(=O)N[C@@H](C)C(=O)N[C@@H](Cc1cnc[nH]1)C(=O)N[C@H](Cc1ccccc1)C(=O)N[C@@H](CCCN=C(N)N)C(=O)N[C@@H](Cc1c[nH]c2ccccc12)C(N)=O. The van der Waals surface area contributed by atoms with E-state index in [9.17, 15) is 38.4 Å². The Bertz CT molecular complexity index is 2730. The number of para-hydroxylation sites is 1. The number of imidazole rings is 1. The van der Waals surface area contributed by atoms with Gasteiger partial charge in [-0.05, 0) is 75.5 Å². The number of aliphatic imine (C=N–C) groups is 1. The number of carbonyl (C=O) groups excluding carboxylic acids is 8. The summed E-state index contributed by atoms with van der Waals surface area (Å²) in [5.74, 6) is -5.17. The molecule has 24 heteroatoms. The molecule has 8 amide bonds. The maximum Gasteiger partial charge on any atom is 0.264 e. The second-order valence-electron chi connectivity index (χ2n) is 20.8. The predicted molar refractivity (Wildman–Crippen MR) is 325 cm³/mol. The van der Waals surface area contributed by atoms with E-state index in [1.54, 1.807) is 36.5 Å². The van der Waals surface area contributed by atoms with Crippen molar-refractivity contribution in [1.82, 2.24) is 57.6 Å². The van der Waals surface area contributed by atoms with Crippen LogP contribution in [0.1, 0.15) is 140 Å². The van der Waals surface area contributed by atoms with Crippen LogP contribution in [0.2, 0.25) is 0 Å². The van der Waals surface area contributed by atoms with Gasteiger partial charge < -0.3 is 69.8 Å². The fourth-order valence-corrected chi connectivity index (χ4v) is 9.11. The number of nitrogens with one attached hydrogen (secondary N) is 10. The Morgan fingerprint density at radius 3 is 1.93 bits per heavy atom. The third-order valence-corrected chi connectivity index (χ3v) is 13.8. The zero-order valence-electron chi connectivity index (χ0n) is 48.9. The van der Waals surface area contributed by atoms with E-state index in [0.717, 1.165) is 54.8 Å². The number of nitrogens with two attached hydrogens (primary N) is 3. The molecule has 5 atom stereocenters. The quantitative estimate of drug-likeness (QED) is 0.01000. The first-order valence-corrected chi connectivity index (χ1v) is 29.5. The number of rotatable bonds is 43. The van der Waals surface area contributed by atoms with Gasteiger partial charge in [-0.15, -0.1) is 0 Å². The molecular formula is C60H90N16O8. The van der Waals surface area contributed by atoms with Gasteiger partial charge in [0, 0.05) is 74.3 Å². The van der Waals surface area contributed by atoms with E-state index >= 15 is 0 Å². The average molecular weight is 1160 g/mol. The molecule has 0 saturated carbocycles. The standard InChI is InChI=1S/C60H90N16O8/c1-3-4-5-6-7-8-9-10-11-12-13-14-15-16-20-30-52(77)65-32-24-33-66-53(78)39-70-71-40-54(79)72-42(2)56(81)75-51(36-45-38-64-41-69-45)59(84)76-50(34-43-25-18-17-19-26-43)58(83)73-48(29-23-31-67-60(62)63)57(82)74-49(55(61)80)35-44-37-68-47-28-22-21-27-46(44)47/h10-11,17-19,21-22,25-28,37-39,41-42,48-51,68,71H,3-9,12-16,20,23-24,29-36,40H2,1-2H3,(H2,61,80)(H,64,69)(H,65,77)(H,66,78)(H,72,79)(H,73,83)(H,74,82)(H,75,81)(H,76,84)(H4,62,63,67)/b11-10+,70-39+/t42-,48-,49-,50+,51-/m0/s1. The first-order valence-electron chi connectivity index (χ1n) is 29.5. The molecule has 84 heavy (non-hydrogen) atoms. The molecule has 2 heterocycles. The summed E-state index contributed by atoms with van der Waals surface area (Å²) in [6.07, 6.45) is 26.8. The van der Waals surface area contributed by atoms with Crippen molar-refractivity contribution in [1.29, 1.82) is 0 Å². The fraction of sp³-hybridized carbons (Fsp3) is 0.517. The van der Waals surface area contributed by atoms with Crippen LogP contribution in [0.15, 0.2) is 95.6 Å². The van der Waals surface area contributed by atoms with E-state index in [1.165, 1.54) is 70.8 Å². The highest BCUT2D eigenvalue weighted by molar-refractivity contribution is 6.26. The number of nitrogens with zero attached hydrogens (tertiary/aromatic N) is 3. The molecule has 24 nitrogen and oxygen atoms in total. The number of hydrogen-bond acceptors (Lipinski definition) is 12. The molecule has 0 spiro atoms. The minimum atomic E-state index is -1.32. The van der Waals surface area contributed by atoms with Crippen molar-refractivity contribution in [3.05, 3.63) is 102 Å². The molecule has 458 valence electrons. The van der Waals surface area contributed by atoms with Crippen molar-refractivity contribution >= 4 is 70.3 Å². The highest BCUT2D eigenvalue weighted by Crippen LogP contribution is 2.20. The van der Waals surface area contributed by atoms with E-state index in [0.29, 0.717) is 37.2 Å². The summed E-state index contributed by atoms with van der Waals surface area (Å²) in [6.45, 7) is 4.06. The average Bonchev–Trinajstić information content (AvgIpc) is 4.09. The van der Waals surface area contributed by atoms with Crippen LogP contribution in [-0.4, -0.2) is 131 Å². The van der Waals surface area contributed by atoms with Gasteiger partial charge in [-0.25, -0.2) is 4.98 Å². The number of aromatic nitrogens is 3. The Morgan fingerprint density at radius 1 is 0.619 bits per heavy atom. The minimum absolute atomic E-state index is 0.0133. The number of aromatic amines is 2. The van der Waals surface area contributed by atoms with Crippen LogP contribution in [0.4, 0.5) is 0 Å². The highest BCUT2D eigenvalue weighted by atomic mass is 16.2. The smallest absolute Gasteiger partial charge is 0.264 e. The monoisotopic (exact) mass is 1160 g/mol. The number of primary amides is 1. The molecule has 2 aromatic heterocycles. The summed E-state index contributed by atoms with van der Waals surface area (Å²) in [5, 5.41) is 23.6. The lowest BCUT2D eigenvalue weighted by Crippen LogP contribution is -2.59. The molecule has 0 fully saturated rings. The van der Waals surface area contributed by atoms with Crippen LogP contribution in [0.25, 0.3) is 10.9 Å². The maximum atomic E-state index is 14.4. The van der Waals surface area contributed by atoms with E-state index in [1.807, 2.05) is 24.3 Å². The number of H-pyrrole nitrogens is 2. The molecule has 0 bridgehead atoms. The lowest BCUT2D eigenvalue weighted by Gasteiger charge is -2.27. The molecule has 0 saturated heterocycles. The maximum absolute atomic E-state index is 14.4. The number of allylic oxidation sites excluding steroid dienone is 2. The van der Waals surface area contributed by atoms with Gasteiger partial charge in [0.25, 0.3) is 5.91 Å². The summed E-state index contributed by atoms with van der Waals surface area (Å²) >= 11 is 0. The van der Waals surface area contributed by atoms with Crippen molar-refractivity contribution in [3.8, 4) is 0 Å². The Balaban J connectivity index is 1.24. The van der Waals surface area contributed by atoms with E-state index in [4.69, 9.17) is 17.2 Å². The first-order chi connectivity index (χ1) is 40.6. The number of benzene rings is 2. The van der Waals surface area contributed by atoms with Crippen LogP contribution in [-0.2, 0) is 57.6 Å². The van der Waals surface area contributed by atoms with Crippen molar-refractivity contribution in [2.24, 2.45) is 27.3 Å². The van der Waals surface area contributed by atoms with Gasteiger partial charge in [0.15, 0.2) is 5.96 Å². The van der Waals surface area contributed by atoms with Gasteiger partial charge in [-0.2, -0.15) is 5.10 Å². The topological polar surface area (TPSA) is 380 Å². The zero-order valence-corrected chi connectivity index (χ0v) is 48.9. The minimum Gasteiger partial charge on any atom is -0.370 e. The van der Waals surface area contributed by atoms with Crippen LogP contribution in [0, 0.1) is 0 Å². The second-order valence-corrected chi connectivity index (χ2v) is 20.8. The highest BCUT2D eigenvalue weighted by Gasteiger charge is 2.32. The third kappa shape index (κ3) is 27.9. The largest absolute Gasteiger partial charge is 0.370 e. The van der Waals surface area contributed by atoms with Crippen LogP contribution >= 0.6 is 0 Å². The van der Waals surface area contributed by atoms with Crippen LogP contribution < -0.4 is 59.8 Å². The van der Waals surface area contributed by atoms with Crippen molar-refractivity contribution < 1.29 is 38.4 Å². The van der Waals surface area contributed by atoms with Crippen LogP contribution in [0.3, 0.4) is 0 Å². The number of guanidine groups is 1. The zero-order chi connectivity index (χ0) is 60.7. The summed E-state index contributed by atoms with van der Waals surface area (Å²) < 4.78 is 0. The number of hydrogen-bond donors (Lipinski definition) is 13. The normalized spacial score (nSPS) is 13.0. The summed E-state index contributed by atoms with van der Waals surface area (Å²) in [6, 6.07) is 10.0. The predicted octanol–water partition coefficient (Wildman–Crippen LogP) is 3.14. The van der Waals surface area contributed by atoms with Gasteiger partial charge in [0.1, 0.15) is 43.0 Å². The molecule has 0 aliphatic rings. The Kier molecular flexibility index (Phi) is 32.2. The van der Waals surface area contributed by atoms with Crippen molar-refractivity contribution in [2.45, 2.75) is 172 Å². The summed E-state index contributed by atoms with van der Waals surface area (Å²) in [5.41, 5.74) is 22.0. The van der Waals surface area contributed by atoms with E-state index in [2.05, 4.69) is 86.8 Å². The van der Waals surface area contributed by atoms with Gasteiger partial charge >= 0.3 is 0 Å². The molecule has 4 rings (SSSR count). The summed E-state index contributed by atoms with van der Waals surface area (Å²) in [4.78, 5) is 121. The Hall–Kier alpha value is -8.57. The lowest BCUT2D eigenvalue weighted by atomic mass is 10.0. The second kappa shape index (κ2) is 39.8. The van der Waals surface area contributed by atoms with E-state index < -0.39 is 78.1 Å². The summed E-state index contributed by atoms with van der Waals surface area (Å²) in [7, 11) is 0. The third-order valence-electron chi connectivity index (χ3n) is 13.8. The van der Waals surface area contributed by atoms with Crippen molar-refractivity contribution in [2.75, 3.05) is 26.2 Å². The molecule has 4 aromatic rings. The van der Waals surface area contributed by atoms with Crippen LogP contribution in [0.5, 0.6) is 0 Å². The number of unbranched alkanes of at least 4 members (excludes halogenated alkanes) is 11. The van der Waals surface area contributed by atoms with Gasteiger partial charge in [-0.1, -0.05) is 119 Å². The van der Waals surface area contributed by atoms with E-state index in [-0.39, 0.29) is 50.5 Å². The number of fused-ring (bicyclic) bond motifs is 1. The van der Waals surface area contributed by atoms with Gasteiger partial charge in [-0.3, -0.25) is 43.3 Å². The lowest BCUT2D eigenvalue weighted by molar-refractivity contribution is -0.135. The first kappa shape index (κ1) is 67.9. The number of hydrazone groups is 1.